The Morgan fingerprint density at radius 1 is 1.24 bits per heavy atom. The summed E-state index contributed by atoms with van der Waals surface area (Å²) in [5.74, 6) is 0. The van der Waals surface area contributed by atoms with Crippen molar-refractivity contribution in [1.29, 1.82) is 0 Å². The molecule has 2 aromatic rings. The van der Waals surface area contributed by atoms with Gasteiger partial charge < -0.3 is 5.73 Å². The molecule has 1 heterocycles. The molecule has 3 N–H and O–H groups in total. The lowest BCUT2D eigenvalue weighted by Gasteiger charge is -2.06. The van der Waals surface area contributed by atoms with Crippen molar-refractivity contribution >= 4 is 26.5 Å². The van der Waals surface area contributed by atoms with Gasteiger partial charge in [0.1, 0.15) is 0 Å². The predicted molar refractivity (Wildman–Crippen MR) is 84.1 cm³/mol. The van der Waals surface area contributed by atoms with E-state index in [1.165, 1.54) is 16.2 Å². The van der Waals surface area contributed by atoms with Gasteiger partial charge in [-0.05, 0) is 49.9 Å². The molecule has 0 aliphatic heterocycles. The predicted octanol–water partition coefficient (Wildman–Crippen LogP) is 1.93. The number of nitrogens with one attached hydrogen (secondary N) is 1. The molecule has 0 fully saturated rings. The zero-order chi connectivity index (χ0) is 14.9. The average molecular weight is 323 g/mol. The zero-order valence-corrected chi connectivity index (χ0v) is 13.1. The number of anilines is 1. The van der Waals surface area contributed by atoms with E-state index in [1.54, 1.807) is 24.3 Å². The van der Waals surface area contributed by atoms with Crippen LogP contribution >= 0.6 is 11.3 Å². The molecule has 5 nitrogen and oxygen atoms in total. The summed E-state index contributed by atoms with van der Waals surface area (Å²) in [4.78, 5) is 5.81. The summed E-state index contributed by atoms with van der Waals surface area (Å²) >= 11 is 1.44. The van der Waals surface area contributed by atoms with Gasteiger partial charge in [0, 0.05) is 4.88 Å². The number of rotatable bonds is 5. The lowest BCUT2D eigenvalue weighted by atomic mass is 10.2. The van der Waals surface area contributed by atoms with E-state index >= 15 is 0 Å². The van der Waals surface area contributed by atoms with Gasteiger partial charge in [-0.2, -0.15) is 0 Å². The van der Waals surface area contributed by atoms with Crippen LogP contribution in [0.4, 0.5) is 5.13 Å². The van der Waals surface area contributed by atoms with E-state index in [0.29, 0.717) is 11.7 Å². The normalized spacial score (nSPS) is 14.1. The largest absolute Gasteiger partial charge is 0.330 e. The number of hydrogen-bond acceptors (Lipinski definition) is 5. The minimum atomic E-state index is -3.57. The second-order valence-corrected chi connectivity index (χ2v) is 7.80. The molecule has 0 radical (unpaired) electrons. The summed E-state index contributed by atoms with van der Waals surface area (Å²) in [5, 5.41) is 0.464. The van der Waals surface area contributed by atoms with Crippen LogP contribution in [-0.4, -0.2) is 19.9 Å². The monoisotopic (exact) mass is 323 g/mol. The van der Waals surface area contributed by atoms with Gasteiger partial charge in [-0.15, -0.1) is 11.3 Å². The van der Waals surface area contributed by atoms with E-state index in [2.05, 4.69) is 9.71 Å². The molecule has 0 saturated carbocycles. The Bertz CT molecular complexity index is 715. The summed E-state index contributed by atoms with van der Waals surface area (Å²) < 4.78 is 27.2. The molecule has 1 aromatic carbocycles. The zero-order valence-electron chi connectivity index (χ0n) is 11.5. The Hall–Kier alpha value is -1.44. The summed E-state index contributed by atoms with van der Waals surface area (Å²) in [6.45, 7) is 0.551. The van der Waals surface area contributed by atoms with Gasteiger partial charge in [-0.3, -0.25) is 4.72 Å². The smallest absolute Gasteiger partial charge is 0.263 e. The third-order valence-corrected chi connectivity index (χ3v) is 6.04. The molecule has 0 amide bonds. The fourth-order valence-corrected chi connectivity index (χ4v) is 4.69. The number of nitrogens with two attached hydrogens (primary N) is 1. The number of sulfonamides is 1. The Morgan fingerprint density at radius 3 is 2.67 bits per heavy atom. The Morgan fingerprint density at radius 2 is 2.00 bits per heavy atom. The van der Waals surface area contributed by atoms with Crippen LogP contribution in [0.5, 0.6) is 0 Å². The molecule has 0 saturated heterocycles. The first kappa shape index (κ1) is 14.5. The van der Waals surface area contributed by atoms with Crippen LogP contribution in [0, 0.1) is 0 Å². The molecule has 7 heteroatoms. The molecule has 0 bridgehead atoms. The highest BCUT2D eigenvalue weighted by molar-refractivity contribution is 7.93. The van der Waals surface area contributed by atoms with E-state index in [0.717, 1.165) is 36.9 Å². The highest BCUT2D eigenvalue weighted by Gasteiger charge is 2.20. The Labute approximate surface area is 128 Å². The SMILES string of the molecule is NCCc1ccc(S(=O)(=O)Nc2nc3c(s2)CCC3)cc1. The van der Waals surface area contributed by atoms with Crippen molar-refractivity contribution in [1.82, 2.24) is 4.98 Å². The van der Waals surface area contributed by atoms with Crippen LogP contribution in [0.3, 0.4) is 0 Å². The third-order valence-electron chi connectivity index (χ3n) is 3.48. The molecular weight excluding hydrogens is 306 g/mol. The second kappa shape index (κ2) is 5.75. The van der Waals surface area contributed by atoms with Crippen LogP contribution in [-0.2, 0) is 29.3 Å². The molecule has 0 unspecified atom stereocenters. The fourth-order valence-electron chi connectivity index (χ4n) is 2.41. The first-order chi connectivity index (χ1) is 10.1. The van der Waals surface area contributed by atoms with Gasteiger partial charge in [0.15, 0.2) is 5.13 Å². The Kier molecular flexibility index (Phi) is 3.97. The van der Waals surface area contributed by atoms with Crippen molar-refractivity contribution in [2.24, 2.45) is 5.73 Å². The number of aryl methyl sites for hydroxylation is 2. The summed E-state index contributed by atoms with van der Waals surface area (Å²) in [5.41, 5.74) is 7.55. The van der Waals surface area contributed by atoms with Crippen LogP contribution in [0.25, 0.3) is 0 Å². The van der Waals surface area contributed by atoms with E-state index < -0.39 is 10.0 Å². The second-order valence-electron chi connectivity index (χ2n) is 5.03. The fraction of sp³-hybridized carbons (Fsp3) is 0.357. The van der Waals surface area contributed by atoms with Crippen molar-refractivity contribution in [2.45, 2.75) is 30.6 Å². The maximum absolute atomic E-state index is 12.3. The van der Waals surface area contributed by atoms with E-state index in [9.17, 15) is 8.42 Å². The maximum atomic E-state index is 12.3. The third kappa shape index (κ3) is 3.09. The van der Waals surface area contributed by atoms with Crippen molar-refractivity contribution in [3.63, 3.8) is 0 Å². The molecule has 3 rings (SSSR count). The molecule has 1 aromatic heterocycles. The quantitative estimate of drug-likeness (QED) is 0.880. The minimum absolute atomic E-state index is 0.249. The van der Waals surface area contributed by atoms with Gasteiger partial charge in [-0.1, -0.05) is 12.1 Å². The van der Waals surface area contributed by atoms with Crippen LogP contribution < -0.4 is 10.5 Å². The molecule has 112 valence electrons. The molecule has 21 heavy (non-hydrogen) atoms. The van der Waals surface area contributed by atoms with Crippen LogP contribution in [0.1, 0.15) is 22.6 Å². The molecular formula is C14H17N3O2S2. The van der Waals surface area contributed by atoms with Crippen molar-refractivity contribution in [3.8, 4) is 0 Å². The number of nitrogens with zero attached hydrogens (tertiary/aromatic N) is 1. The maximum Gasteiger partial charge on any atom is 0.263 e. The number of thiazole rings is 1. The van der Waals surface area contributed by atoms with Crippen molar-refractivity contribution in [3.05, 3.63) is 40.4 Å². The van der Waals surface area contributed by atoms with Crippen molar-refractivity contribution < 1.29 is 8.42 Å². The average Bonchev–Trinajstić information content (AvgIpc) is 3.00. The molecule has 0 spiro atoms. The number of fused-ring (bicyclic) bond motifs is 1. The Balaban J connectivity index is 1.79. The lowest BCUT2D eigenvalue weighted by Crippen LogP contribution is -2.13. The van der Waals surface area contributed by atoms with Gasteiger partial charge in [0.2, 0.25) is 0 Å². The van der Waals surface area contributed by atoms with E-state index in [1.807, 2.05) is 0 Å². The highest BCUT2D eigenvalue weighted by Crippen LogP contribution is 2.31. The first-order valence-electron chi connectivity index (χ1n) is 6.89. The van der Waals surface area contributed by atoms with E-state index in [-0.39, 0.29) is 4.90 Å². The standard InChI is InChI=1S/C14H17N3O2S2/c15-9-8-10-4-6-11(7-5-10)21(18,19)17-14-16-12-2-1-3-13(12)20-14/h4-7H,1-3,8-9,15H2,(H,16,17). The lowest BCUT2D eigenvalue weighted by molar-refractivity contribution is 0.601. The molecule has 1 aliphatic carbocycles. The highest BCUT2D eigenvalue weighted by atomic mass is 32.2. The first-order valence-corrected chi connectivity index (χ1v) is 9.19. The van der Waals surface area contributed by atoms with Crippen LogP contribution in [0.15, 0.2) is 29.2 Å². The molecule has 0 atom stereocenters. The van der Waals surface area contributed by atoms with E-state index in [4.69, 9.17) is 5.73 Å². The number of hydrogen-bond donors (Lipinski definition) is 2. The topological polar surface area (TPSA) is 85.1 Å². The summed E-state index contributed by atoms with van der Waals surface area (Å²) in [6, 6.07) is 6.80. The van der Waals surface area contributed by atoms with Gasteiger partial charge >= 0.3 is 0 Å². The van der Waals surface area contributed by atoms with Gasteiger partial charge in [-0.25, -0.2) is 13.4 Å². The van der Waals surface area contributed by atoms with Crippen LogP contribution in [0.2, 0.25) is 0 Å². The van der Waals surface area contributed by atoms with Crippen molar-refractivity contribution in [2.75, 3.05) is 11.3 Å². The number of aromatic nitrogens is 1. The van der Waals surface area contributed by atoms with Gasteiger partial charge in [0.25, 0.3) is 10.0 Å². The summed E-state index contributed by atoms with van der Waals surface area (Å²) in [7, 11) is -3.57. The number of benzene rings is 1. The van der Waals surface area contributed by atoms with Gasteiger partial charge in [0.05, 0.1) is 10.6 Å². The molecule has 1 aliphatic rings. The summed E-state index contributed by atoms with van der Waals surface area (Å²) in [6.07, 6.45) is 3.81. The minimum Gasteiger partial charge on any atom is -0.330 e.